The third-order valence-electron chi connectivity index (χ3n) is 4.94. The number of alkyl halides is 3. The van der Waals surface area contributed by atoms with Gasteiger partial charge >= 0.3 is 12.1 Å². The van der Waals surface area contributed by atoms with Gasteiger partial charge in [0, 0.05) is 39.8 Å². The SMILES string of the molecule is COCCN1CC[C@H]2CN(CC3CC3)C[C@@H]2C1=O.O=C(O)C(F)(F)F. The van der Waals surface area contributed by atoms with E-state index in [4.69, 9.17) is 14.6 Å². The van der Waals surface area contributed by atoms with Gasteiger partial charge in [-0.05, 0) is 31.1 Å². The minimum absolute atomic E-state index is 0.273. The first-order valence-electron chi connectivity index (χ1n) is 8.52. The molecule has 25 heavy (non-hydrogen) atoms. The molecule has 3 aliphatic rings. The number of carbonyl (C=O) groups excluding carboxylic acids is 1. The topological polar surface area (TPSA) is 70.1 Å². The average molecular weight is 366 g/mol. The molecule has 0 unspecified atom stereocenters. The molecule has 0 aromatic carbocycles. The second-order valence-corrected chi connectivity index (χ2v) is 6.94. The molecule has 1 amide bonds. The Morgan fingerprint density at radius 1 is 1.28 bits per heavy atom. The highest BCUT2D eigenvalue weighted by atomic mass is 19.4. The molecule has 0 aromatic heterocycles. The molecule has 3 fully saturated rings. The van der Waals surface area contributed by atoms with Crippen molar-refractivity contribution in [1.29, 1.82) is 0 Å². The molecule has 1 N–H and O–H groups in total. The summed E-state index contributed by atoms with van der Waals surface area (Å²) in [5.41, 5.74) is 0. The zero-order chi connectivity index (χ0) is 18.6. The maximum Gasteiger partial charge on any atom is 0.490 e. The smallest absolute Gasteiger partial charge is 0.475 e. The van der Waals surface area contributed by atoms with Crippen molar-refractivity contribution in [2.45, 2.75) is 25.4 Å². The molecule has 2 heterocycles. The normalized spacial score (nSPS) is 26.9. The van der Waals surface area contributed by atoms with Gasteiger partial charge in [-0.2, -0.15) is 13.2 Å². The molecular weight excluding hydrogens is 341 g/mol. The van der Waals surface area contributed by atoms with Crippen LogP contribution in [0.15, 0.2) is 0 Å². The second kappa shape index (κ2) is 8.35. The lowest BCUT2D eigenvalue weighted by molar-refractivity contribution is -0.192. The van der Waals surface area contributed by atoms with E-state index < -0.39 is 12.1 Å². The summed E-state index contributed by atoms with van der Waals surface area (Å²) in [7, 11) is 1.70. The van der Waals surface area contributed by atoms with Crippen molar-refractivity contribution < 1.29 is 32.6 Å². The molecule has 1 saturated carbocycles. The van der Waals surface area contributed by atoms with Crippen LogP contribution in [0.3, 0.4) is 0 Å². The Labute approximate surface area is 144 Å². The van der Waals surface area contributed by atoms with Gasteiger partial charge in [0.2, 0.25) is 5.91 Å². The van der Waals surface area contributed by atoms with E-state index in [1.54, 1.807) is 7.11 Å². The monoisotopic (exact) mass is 366 g/mol. The van der Waals surface area contributed by atoms with Crippen LogP contribution in [0, 0.1) is 17.8 Å². The van der Waals surface area contributed by atoms with Gasteiger partial charge in [0.25, 0.3) is 0 Å². The van der Waals surface area contributed by atoms with E-state index in [-0.39, 0.29) is 5.92 Å². The number of carboxylic acid groups (broad SMARTS) is 1. The van der Waals surface area contributed by atoms with Crippen molar-refractivity contribution in [2.24, 2.45) is 17.8 Å². The Morgan fingerprint density at radius 3 is 2.44 bits per heavy atom. The highest BCUT2D eigenvalue weighted by molar-refractivity contribution is 5.80. The first-order valence-corrected chi connectivity index (χ1v) is 8.52. The largest absolute Gasteiger partial charge is 0.490 e. The summed E-state index contributed by atoms with van der Waals surface area (Å²) in [6.45, 7) is 5.75. The van der Waals surface area contributed by atoms with Crippen molar-refractivity contribution in [3.05, 3.63) is 0 Å². The Hall–Kier alpha value is -1.35. The molecule has 144 valence electrons. The Bertz CT molecular complexity index is 482. The minimum Gasteiger partial charge on any atom is -0.475 e. The number of carboxylic acids is 1. The third-order valence-corrected chi connectivity index (χ3v) is 4.94. The van der Waals surface area contributed by atoms with E-state index >= 15 is 0 Å². The number of methoxy groups -OCH3 is 1. The van der Waals surface area contributed by atoms with E-state index in [1.165, 1.54) is 25.8 Å². The number of nitrogens with zero attached hydrogens (tertiary/aromatic N) is 2. The van der Waals surface area contributed by atoms with Crippen LogP contribution in [0.25, 0.3) is 0 Å². The van der Waals surface area contributed by atoms with Crippen molar-refractivity contribution in [2.75, 3.05) is 46.4 Å². The Balaban J connectivity index is 0.000000277. The first-order chi connectivity index (χ1) is 11.7. The fourth-order valence-electron chi connectivity index (χ4n) is 3.44. The fraction of sp³-hybridized carbons (Fsp3) is 0.875. The second-order valence-electron chi connectivity index (χ2n) is 6.94. The summed E-state index contributed by atoms with van der Waals surface area (Å²) in [6.07, 6.45) is -1.10. The molecule has 2 aliphatic heterocycles. The van der Waals surface area contributed by atoms with Gasteiger partial charge in [0.1, 0.15) is 0 Å². The molecule has 6 nitrogen and oxygen atoms in total. The number of likely N-dealkylation sites (tertiary alicyclic amines) is 2. The lowest BCUT2D eigenvalue weighted by Crippen LogP contribution is -2.46. The van der Waals surface area contributed by atoms with Crippen molar-refractivity contribution in [1.82, 2.24) is 9.80 Å². The highest BCUT2D eigenvalue weighted by Crippen LogP contribution is 2.36. The molecule has 0 radical (unpaired) electrons. The quantitative estimate of drug-likeness (QED) is 0.798. The number of amides is 1. The van der Waals surface area contributed by atoms with Crippen LogP contribution in [0.5, 0.6) is 0 Å². The van der Waals surface area contributed by atoms with Crippen LogP contribution in [0.2, 0.25) is 0 Å². The lowest BCUT2D eigenvalue weighted by atomic mass is 9.88. The molecule has 3 rings (SSSR count). The lowest BCUT2D eigenvalue weighted by Gasteiger charge is -2.33. The van der Waals surface area contributed by atoms with Gasteiger partial charge in [-0.15, -0.1) is 0 Å². The molecule has 0 spiro atoms. The number of hydrogen-bond donors (Lipinski definition) is 1. The Morgan fingerprint density at radius 2 is 1.92 bits per heavy atom. The van der Waals surface area contributed by atoms with Gasteiger partial charge in [-0.25, -0.2) is 4.79 Å². The Kier molecular flexibility index (Phi) is 6.67. The first kappa shape index (κ1) is 20.0. The van der Waals surface area contributed by atoms with Gasteiger partial charge in [-0.3, -0.25) is 4.79 Å². The van der Waals surface area contributed by atoms with Gasteiger partial charge < -0.3 is 19.6 Å². The van der Waals surface area contributed by atoms with E-state index in [9.17, 15) is 18.0 Å². The van der Waals surface area contributed by atoms with Crippen molar-refractivity contribution in [3.63, 3.8) is 0 Å². The fourth-order valence-corrected chi connectivity index (χ4v) is 3.44. The zero-order valence-electron chi connectivity index (χ0n) is 14.3. The molecule has 0 bridgehead atoms. The number of ether oxygens (including phenoxy) is 1. The summed E-state index contributed by atoms with van der Waals surface area (Å²) in [5.74, 6) is -0.552. The number of hydrogen-bond acceptors (Lipinski definition) is 4. The number of rotatable bonds is 5. The van der Waals surface area contributed by atoms with Gasteiger partial charge in [0.15, 0.2) is 0 Å². The molecule has 2 atom stereocenters. The van der Waals surface area contributed by atoms with Crippen molar-refractivity contribution >= 4 is 11.9 Å². The van der Waals surface area contributed by atoms with E-state index in [2.05, 4.69) is 4.90 Å². The number of aliphatic carboxylic acids is 1. The van der Waals surface area contributed by atoms with Crippen molar-refractivity contribution in [3.8, 4) is 0 Å². The van der Waals surface area contributed by atoms with Crippen LogP contribution < -0.4 is 0 Å². The molecular formula is C16H25F3N2O4. The number of carbonyl (C=O) groups is 2. The van der Waals surface area contributed by atoms with E-state index in [0.717, 1.165) is 32.1 Å². The zero-order valence-corrected chi connectivity index (χ0v) is 14.3. The summed E-state index contributed by atoms with van der Waals surface area (Å²) in [4.78, 5) is 25.8. The molecule has 9 heteroatoms. The number of fused-ring (bicyclic) bond motifs is 1. The molecule has 1 aliphatic carbocycles. The van der Waals surface area contributed by atoms with Crippen LogP contribution in [0.4, 0.5) is 13.2 Å². The van der Waals surface area contributed by atoms with Crippen LogP contribution in [-0.4, -0.2) is 79.4 Å². The minimum atomic E-state index is -5.08. The van der Waals surface area contributed by atoms with Crippen LogP contribution in [-0.2, 0) is 14.3 Å². The summed E-state index contributed by atoms with van der Waals surface area (Å²) in [6, 6.07) is 0. The summed E-state index contributed by atoms with van der Waals surface area (Å²) < 4.78 is 36.8. The number of piperidine rings is 1. The summed E-state index contributed by atoms with van der Waals surface area (Å²) in [5, 5.41) is 7.12. The highest BCUT2D eigenvalue weighted by Gasteiger charge is 2.43. The maximum absolute atomic E-state index is 12.4. The van der Waals surface area contributed by atoms with Crippen LogP contribution in [0.1, 0.15) is 19.3 Å². The standard InChI is InChI=1S/C14H24N2O2.C2HF3O2/c1-18-7-6-16-5-4-12-9-15(8-11-2-3-11)10-13(12)14(16)17;3-2(4,5)1(6)7/h11-13H,2-10H2,1H3;(H,6,7)/t12-,13-;/m0./s1. The van der Waals surface area contributed by atoms with Gasteiger partial charge in [-0.1, -0.05) is 0 Å². The average Bonchev–Trinajstić information content (AvgIpc) is 3.23. The molecule has 2 saturated heterocycles. The summed E-state index contributed by atoms with van der Waals surface area (Å²) >= 11 is 0. The van der Waals surface area contributed by atoms with E-state index in [1.807, 2.05) is 4.90 Å². The molecule has 0 aromatic rings. The predicted octanol–water partition coefficient (Wildman–Crippen LogP) is 1.46. The van der Waals surface area contributed by atoms with E-state index in [0.29, 0.717) is 18.4 Å². The maximum atomic E-state index is 12.4. The third kappa shape index (κ3) is 5.85. The predicted molar refractivity (Wildman–Crippen MR) is 82.9 cm³/mol. The van der Waals surface area contributed by atoms with Crippen LogP contribution >= 0.6 is 0 Å². The number of halogens is 3. The van der Waals surface area contributed by atoms with Gasteiger partial charge in [0.05, 0.1) is 12.5 Å².